The van der Waals surface area contributed by atoms with Crippen LogP contribution in [-0.2, 0) is 0 Å². The van der Waals surface area contributed by atoms with Crippen LogP contribution in [0.5, 0.6) is 0 Å². The summed E-state index contributed by atoms with van der Waals surface area (Å²) in [6, 6.07) is 0.733. The van der Waals surface area contributed by atoms with Crippen molar-refractivity contribution >= 4 is 0 Å². The fraction of sp³-hybridized carbons (Fsp3) is 1.00. The summed E-state index contributed by atoms with van der Waals surface area (Å²) < 4.78 is 0. The van der Waals surface area contributed by atoms with Gasteiger partial charge in [-0.05, 0) is 26.2 Å². The van der Waals surface area contributed by atoms with E-state index in [0.717, 1.165) is 12.6 Å². The van der Waals surface area contributed by atoms with E-state index >= 15 is 0 Å². The zero-order chi connectivity index (χ0) is 10.6. The molecule has 0 spiro atoms. The van der Waals surface area contributed by atoms with E-state index in [9.17, 15) is 0 Å². The highest BCUT2D eigenvalue weighted by Gasteiger charge is 2.37. The van der Waals surface area contributed by atoms with Gasteiger partial charge in [0.05, 0.1) is 0 Å². The lowest BCUT2D eigenvalue weighted by atomic mass is 9.87. The number of piperazine rings is 1. The van der Waals surface area contributed by atoms with Gasteiger partial charge in [0.1, 0.15) is 0 Å². The molecule has 2 nitrogen and oxygen atoms in total. The molecule has 84 valence electrons. The third kappa shape index (κ3) is 2.12. The van der Waals surface area contributed by atoms with Crippen LogP contribution in [0.25, 0.3) is 0 Å². The maximum Gasteiger partial charge on any atom is 0.0332 e. The fourth-order valence-corrected chi connectivity index (χ4v) is 2.67. The summed E-state index contributed by atoms with van der Waals surface area (Å²) in [6.07, 6.45) is 3.80. The Hall–Kier alpha value is -0.0800. The standard InChI is InChI=1S/C12H26N2/c1-5-11(4)14-9-8-13-10-12(14,6-2)7-3/h11,13H,5-10H2,1-4H3. The summed E-state index contributed by atoms with van der Waals surface area (Å²) in [4.78, 5) is 2.73. The molecule has 1 rings (SSSR count). The second kappa shape index (κ2) is 5.13. The number of rotatable bonds is 4. The summed E-state index contributed by atoms with van der Waals surface area (Å²) >= 11 is 0. The van der Waals surface area contributed by atoms with Crippen LogP contribution in [0.1, 0.15) is 47.0 Å². The first-order valence-electron chi connectivity index (χ1n) is 6.17. The monoisotopic (exact) mass is 198 g/mol. The van der Waals surface area contributed by atoms with Crippen LogP contribution < -0.4 is 5.32 Å². The van der Waals surface area contributed by atoms with E-state index in [1.807, 2.05) is 0 Å². The van der Waals surface area contributed by atoms with Crippen molar-refractivity contribution < 1.29 is 0 Å². The minimum absolute atomic E-state index is 0.424. The van der Waals surface area contributed by atoms with E-state index in [1.54, 1.807) is 0 Å². The Bertz CT molecular complexity index is 164. The van der Waals surface area contributed by atoms with Crippen LogP contribution >= 0.6 is 0 Å². The molecule has 1 aliphatic heterocycles. The molecule has 0 aromatic heterocycles. The molecule has 2 heteroatoms. The molecule has 0 bridgehead atoms. The largest absolute Gasteiger partial charge is 0.314 e. The molecular weight excluding hydrogens is 172 g/mol. The van der Waals surface area contributed by atoms with E-state index in [1.165, 1.54) is 32.4 Å². The average molecular weight is 198 g/mol. The van der Waals surface area contributed by atoms with E-state index in [0.29, 0.717) is 5.54 Å². The predicted octanol–water partition coefficient (Wildman–Crippen LogP) is 2.25. The predicted molar refractivity (Wildman–Crippen MR) is 62.6 cm³/mol. The molecule has 0 aromatic carbocycles. The third-order valence-corrected chi connectivity index (χ3v) is 4.03. The first-order chi connectivity index (χ1) is 6.70. The van der Waals surface area contributed by atoms with Crippen molar-refractivity contribution in [1.82, 2.24) is 10.2 Å². The second-order valence-electron chi connectivity index (χ2n) is 4.56. The summed E-state index contributed by atoms with van der Waals surface area (Å²) in [6.45, 7) is 12.9. The Labute approximate surface area is 89.1 Å². The van der Waals surface area contributed by atoms with Crippen molar-refractivity contribution in [2.45, 2.75) is 58.5 Å². The van der Waals surface area contributed by atoms with Gasteiger partial charge < -0.3 is 5.32 Å². The molecule has 1 saturated heterocycles. The molecule has 0 saturated carbocycles. The number of hydrogen-bond acceptors (Lipinski definition) is 2. The highest BCUT2D eigenvalue weighted by Crippen LogP contribution is 2.28. The molecule has 1 aliphatic rings. The van der Waals surface area contributed by atoms with Crippen LogP contribution in [0.3, 0.4) is 0 Å². The Morgan fingerprint density at radius 2 is 1.93 bits per heavy atom. The van der Waals surface area contributed by atoms with Gasteiger partial charge in [-0.3, -0.25) is 4.90 Å². The maximum atomic E-state index is 3.54. The van der Waals surface area contributed by atoms with Crippen molar-refractivity contribution in [2.75, 3.05) is 19.6 Å². The minimum Gasteiger partial charge on any atom is -0.314 e. The number of nitrogens with zero attached hydrogens (tertiary/aromatic N) is 1. The van der Waals surface area contributed by atoms with Gasteiger partial charge in [-0.2, -0.15) is 0 Å². The van der Waals surface area contributed by atoms with Crippen LogP contribution in [-0.4, -0.2) is 36.1 Å². The smallest absolute Gasteiger partial charge is 0.0332 e. The molecule has 0 aromatic rings. The zero-order valence-electron chi connectivity index (χ0n) is 10.3. The number of hydrogen-bond donors (Lipinski definition) is 1. The Kier molecular flexibility index (Phi) is 4.39. The molecule has 1 unspecified atom stereocenters. The molecule has 0 amide bonds. The van der Waals surface area contributed by atoms with Gasteiger partial charge in [-0.25, -0.2) is 0 Å². The first-order valence-corrected chi connectivity index (χ1v) is 6.17. The van der Waals surface area contributed by atoms with Gasteiger partial charge >= 0.3 is 0 Å². The first kappa shape index (κ1) is 12.0. The molecule has 1 atom stereocenters. The Morgan fingerprint density at radius 3 is 2.43 bits per heavy atom. The van der Waals surface area contributed by atoms with Crippen LogP contribution in [0.15, 0.2) is 0 Å². The highest BCUT2D eigenvalue weighted by molar-refractivity contribution is 4.95. The summed E-state index contributed by atoms with van der Waals surface area (Å²) in [5.74, 6) is 0. The van der Waals surface area contributed by atoms with Crippen LogP contribution in [0.2, 0.25) is 0 Å². The topological polar surface area (TPSA) is 15.3 Å². The second-order valence-corrected chi connectivity index (χ2v) is 4.56. The lowest BCUT2D eigenvalue weighted by molar-refractivity contribution is 0.0175. The van der Waals surface area contributed by atoms with Crippen molar-refractivity contribution in [3.63, 3.8) is 0 Å². The minimum atomic E-state index is 0.424. The molecule has 0 aliphatic carbocycles. The summed E-state index contributed by atoms with van der Waals surface area (Å²) in [5, 5.41) is 3.54. The number of nitrogens with one attached hydrogen (secondary N) is 1. The lowest BCUT2D eigenvalue weighted by Crippen LogP contribution is -2.63. The van der Waals surface area contributed by atoms with E-state index in [4.69, 9.17) is 0 Å². The highest BCUT2D eigenvalue weighted by atomic mass is 15.3. The summed E-state index contributed by atoms with van der Waals surface area (Å²) in [7, 11) is 0. The summed E-state index contributed by atoms with van der Waals surface area (Å²) in [5.41, 5.74) is 0.424. The van der Waals surface area contributed by atoms with Gasteiger partial charge in [-0.15, -0.1) is 0 Å². The molecule has 14 heavy (non-hydrogen) atoms. The Morgan fingerprint density at radius 1 is 1.29 bits per heavy atom. The fourth-order valence-electron chi connectivity index (χ4n) is 2.67. The van der Waals surface area contributed by atoms with Gasteiger partial charge in [0.15, 0.2) is 0 Å². The van der Waals surface area contributed by atoms with Crippen LogP contribution in [0.4, 0.5) is 0 Å². The molecule has 1 N–H and O–H groups in total. The maximum absolute atomic E-state index is 3.54. The molecule has 1 heterocycles. The van der Waals surface area contributed by atoms with Gasteiger partial charge in [0.25, 0.3) is 0 Å². The lowest BCUT2D eigenvalue weighted by Gasteiger charge is -2.50. The quantitative estimate of drug-likeness (QED) is 0.745. The van der Waals surface area contributed by atoms with Crippen molar-refractivity contribution in [1.29, 1.82) is 0 Å². The van der Waals surface area contributed by atoms with Gasteiger partial charge in [0, 0.05) is 31.2 Å². The van der Waals surface area contributed by atoms with Gasteiger partial charge in [0.2, 0.25) is 0 Å². The normalized spacial score (nSPS) is 24.9. The van der Waals surface area contributed by atoms with Crippen LogP contribution in [0, 0.1) is 0 Å². The SMILES string of the molecule is CCC(C)N1CCNCC1(CC)CC. The van der Waals surface area contributed by atoms with Crippen molar-refractivity contribution in [3.05, 3.63) is 0 Å². The van der Waals surface area contributed by atoms with E-state index in [2.05, 4.69) is 37.9 Å². The average Bonchev–Trinajstić information content (AvgIpc) is 2.27. The zero-order valence-corrected chi connectivity index (χ0v) is 10.3. The van der Waals surface area contributed by atoms with E-state index in [-0.39, 0.29) is 0 Å². The van der Waals surface area contributed by atoms with Crippen molar-refractivity contribution in [2.24, 2.45) is 0 Å². The Balaban J connectivity index is 2.76. The molecular formula is C12H26N2. The third-order valence-electron chi connectivity index (χ3n) is 4.03. The van der Waals surface area contributed by atoms with E-state index < -0.39 is 0 Å². The molecule has 0 radical (unpaired) electrons. The molecule has 1 fully saturated rings. The van der Waals surface area contributed by atoms with Gasteiger partial charge in [-0.1, -0.05) is 20.8 Å². The van der Waals surface area contributed by atoms with Crippen molar-refractivity contribution in [3.8, 4) is 0 Å².